The van der Waals surface area contributed by atoms with Crippen molar-refractivity contribution in [1.82, 2.24) is 5.32 Å². The highest BCUT2D eigenvalue weighted by Crippen LogP contribution is 2.25. The lowest BCUT2D eigenvalue weighted by atomic mass is 9.89. The van der Waals surface area contributed by atoms with Crippen LogP contribution in [0.4, 0.5) is 0 Å². The Hall–Kier alpha value is -1.26. The number of aromatic hydroxyl groups is 2. The molecule has 4 heteroatoms. The van der Waals surface area contributed by atoms with Crippen molar-refractivity contribution >= 4 is 0 Å². The first-order chi connectivity index (χ1) is 7.15. The summed E-state index contributed by atoms with van der Waals surface area (Å²) in [6, 6.07) is 5.15. The molecule has 0 amide bonds. The predicted octanol–water partition coefficient (Wildman–Crippen LogP) is 0.711. The van der Waals surface area contributed by atoms with Crippen LogP contribution < -0.4 is 5.32 Å². The molecule has 0 aromatic heterocycles. The third-order valence-corrected chi connectivity index (χ3v) is 2.75. The van der Waals surface area contributed by atoms with Gasteiger partial charge >= 0.3 is 0 Å². The van der Waals surface area contributed by atoms with Gasteiger partial charge in [-0.05, 0) is 30.5 Å². The fourth-order valence-corrected chi connectivity index (χ4v) is 1.70. The largest absolute Gasteiger partial charge is 0.504 e. The number of hydrogen-bond acceptors (Lipinski definition) is 4. The molecule has 0 spiro atoms. The number of phenolic OH excluding ortho intramolecular Hbond substituents is 2. The molecule has 1 aromatic carbocycles. The Kier molecular flexibility index (Phi) is 2.79. The van der Waals surface area contributed by atoms with E-state index in [2.05, 4.69) is 5.32 Å². The van der Waals surface area contributed by atoms with Gasteiger partial charge in [-0.15, -0.1) is 0 Å². The summed E-state index contributed by atoms with van der Waals surface area (Å²) in [6.07, 6.45) is 1.43. The second-order valence-electron chi connectivity index (χ2n) is 4.03. The zero-order chi connectivity index (χ0) is 10.8. The van der Waals surface area contributed by atoms with E-state index in [1.807, 2.05) is 0 Å². The van der Waals surface area contributed by atoms with Crippen LogP contribution in [0.25, 0.3) is 0 Å². The Morgan fingerprint density at radius 3 is 2.53 bits per heavy atom. The van der Waals surface area contributed by atoms with Gasteiger partial charge in [-0.3, -0.25) is 0 Å². The molecule has 0 saturated heterocycles. The van der Waals surface area contributed by atoms with E-state index in [1.165, 1.54) is 12.1 Å². The maximum atomic E-state index is 9.26. The summed E-state index contributed by atoms with van der Waals surface area (Å²) in [5.41, 5.74) is 0.923. The molecule has 0 radical (unpaired) electrons. The van der Waals surface area contributed by atoms with Gasteiger partial charge < -0.3 is 20.6 Å². The van der Waals surface area contributed by atoms with Gasteiger partial charge in [-0.1, -0.05) is 6.07 Å². The van der Waals surface area contributed by atoms with Crippen LogP contribution in [0.1, 0.15) is 18.4 Å². The van der Waals surface area contributed by atoms with Crippen LogP contribution in [-0.2, 0) is 6.54 Å². The topological polar surface area (TPSA) is 72.7 Å². The van der Waals surface area contributed by atoms with E-state index in [4.69, 9.17) is 10.2 Å². The maximum Gasteiger partial charge on any atom is 0.157 e. The number of nitrogens with one attached hydrogen (secondary N) is 1. The number of phenols is 2. The van der Waals surface area contributed by atoms with E-state index in [-0.39, 0.29) is 17.6 Å². The molecule has 82 valence electrons. The Bertz CT molecular complexity index is 348. The molecule has 15 heavy (non-hydrogen) atoms. The summed E-state index contributed by atoms with van der Waals surface area (Å²) < 4.78 is 0. The summed E-state index contributed by atoms with van der Waals surface area (Å²) in [4.78, 5) is 0. The summed E-state index contributed by atoms with van der Waals surface area (Å²) in [5, 5.41) is 30.7. The van der Waals surface area contributed by atoms with Crippen molar-refractivity contribution in [2.45, 2.75) is 31.5 Å². The number of hydrogen-bond donors (Lipinski definition) is 4. The minimum absolute atomic E-state index is 0.0945. The minimum Gasteiger partial charge on any atom is -0.504 e. The van der Waals surface area contributed by atoms with Gasteiger partial charge in [0.2, 0.25) is 0 Å². The first-order valence-corrected chi connectivity index (χ1v) is 5.07. The van der Waals surface area contributed by atoms with Crippen LogP contribution in [0, 0.1) is 0 Å². The van der Waals surface area contributed by atoms with Gasteiger partial charge in [0.1, 0.15) is 0 Å². The lowest BCUT2D eigenvalue weighted by Gasteiger charge is -2.32. The Labute approximate surface area is 88.2 Å². The van der Waals surface area contributed by atoms with E-state index < -0.39 is 0 Å². The molecule has 0 unspecified atom stereocenters. The van der Waals surface area contributed by atoms with Crippen molar-refractivity contribution in [2.24, 2.45) is 0 Å². The van der Waals surface area contributed by atoms with Crippen LogP contribution in [0.2, 0.25) is 0 Å². The average molecular weight is 209 g/mol. The highest BCUT2D eigenvalue weighted by Gasteiger charge is 2.26. The van der Waals surface area contributed by atoms with Crippen molar-refractivity contribution in [3.8, 4) is 11.5 Å². The van der Waals surface area contributed by atoms with E-state index in [0.717, 1.165) is 18.4 Å². The monoisotopic (exact) mass is 209 g/mol. The van der Waals surface area contributed by atoms with Crippen LogP contribution in [0.3, 0.4) is 0 Å². The predicted molar refractivity (Wildman–Crippen MR) is 55.6 cm³/mol. The smallest absolute Gasteiger partial charge is 0.157 e. The summed E-state index contributed by atoms with van der Waals surface area (Å²) in [5.74, 6) is -0.194. The Morgan fingerprint density at radius 1 is 1.20 bits per heavy atom. The van der Waals surface area contributed by atoms with E-state index in [0.29, 0.717) is 12.6 Å². The molecule has 4 N–H and O–H groups in total. The standard InChI is InChI=1S/C11H15NO3/c13-9-4-8(5-9)12-6-7-1-2-10(14)11(15)3-7/h1-3,8-9,12-15H,4-6H2. The van der Waals surface area contributed by atoms with E-state index in [9.17, 15) is 5.11 Å². The van der Waals surface area contributed by atoms with Crippen molar-refractivity contribution in [1.29, 1.82) is 0 Å². The molecule has 1 saturated carbocycles. The molecule has 4 nitrogen and oxygen atoms in total. The van der Waals surface area contributed by atoms with Gasteiger partial charge in [0.05, 0.1) is 6.10 Å². The van der Waals surface area contributed by atoms with Crippen LogP contribution in [-0.4, -0.2) is 27.5 Å². The second-order valence-corrected chi connectivity index (χ2v) is 4.03. The lowest BCUT2D eigenvalue weighted by Crippen LogP contribution is -2.43. The molecular weight excluding hydrogens is 194 g/mol. The molecule has 1 aliphatic carbocycles. The molecule has 0 atom stereocenters. The van der Waals surface area contributed by atoms with Gasteiger partial charge in [-0.25, -0.2) is 0 Å². The third kappa shape index (κ3) is 2.40. The van der Waals surface area contributed by atoms with Crippen LogP contribution in [0.15, 0.2) is 18.2 Å². The first kappa shape index (κ1) is 10.3. The first-order valence-electron chi connectivity index (χ1n) is 5.07. The van der Waals surface area contributed by atoms with Gasteiger partial charge in [0, 0.05) is 12.6 Å². The Balaban J connectivity index is 1.86. The SMILES string of the molecule is Oc1ccc(CNC2CC(O)C2)cc1O. The van der Waals surface area contributed by atoms with Gasteiger partial charge in [0.15, 0.2) is 11.5 Å². The quantitative estimate of drug-likeness (QED) is 0.553. The minimum atomic E-state index is -0.157. The zero-order valence-corrected chi connectivity index (χ0v) is 8.35. The van der Waals surface area contributed by atoms with Crippen molar-refractivity contribution in [3.05, 3.63) is 23.8 Å². The van der Waals surface area contributed by atoms with Crippen molar-refractivity contribution < 1.29 is 15.3 Å². The van der Waals surface area contributed by atoms with Gasteiger partial charge in [-0.2, -0.15) is 0 Å². The highest BCUT2D eigenvalue weighted by atomic mass is 16.3. The Morgan fingerprint density at radius 2 is 1.93 bits per heavy atom. The molecule has 1 aliphatic rings. The molecule has 0 heterocycles. The number of aliphatic hydroxyl groups excluding tert-OH is 1. The fourth-order valence-electron chi connectivity index (χ4n) is 1.70. The fraction of sp³-hybridized carbons (Fsp3) is 0.455. The summed E-state index contributed by atoms with van der Waals surface area (Å²) in [7, 11) is 0. The van der Waals surface area contributed by atoms with E-state index in [1.54, 1.807) is 6.07 Å². The second kappa shape index (κ2) is 4.08. The molecule has 0 aliphatic heterocycles. The lowest BCUT2D eigenvalue weighted by molar-refractivity contribution is 0.0619. The number of benzene rings is 1. The number of rotatable bonds is 3. The molecule has 2 rings (SSSR count). The molecular formula is C11H15NO3. The summed E-state index contributed by atoms with van der Waals surface area (Å²) in [6.45, 7) is 0.644. The molecule has 0 bridgehead atoms. The summed E-state index contributed by atoms with van der Waals surface area (Å²) >= 11 is 0. The maximum absolute atomic E-state index is 9.26. The van der Waals surface area contributed by atoms with Crippen molar-refractivity contribution in [3.63, 3.8) is 0 Å². The van der Waals surface area contributed by atoms with Gasteiger partial charge in [0.25, 0.3) is 0 Å². The van der Waals surface area contributed by atoms with E-state index >= 15 is 0 Å². The highest BCUT2D eigenvalue weighted by molar-refractivity contribution is 5.40. The third-order valence-electron chi connectivity index (χ3n) is 2.75. The normalized spacial score (nSPS) is 24.9. The van der Waals surface area contributed by atoms with Crippen LogP contribution in [0.5, 0.6) is 11.5 Å². The molecule has 1 aromatic rings. The van der Waals surface area contributed by atoms with Crippen molar-refractivity contribution in [2.75, 3.05) is 0 Å². The zero-order valence-electron chi connectivity index (χ0n) is 8.35. The average Bonchev–Trinajstić information content (AvgIpc) is 2.16. The van der Waals surface area contributed by atoms with Crippen LogP contribution >= 0.6 is 0 Å². The number of aliphatic hydroxyl groups is 1. The molecule has 1 fully saturated rings.